The van der Waals surface area contributed by atoms with Crippen LogP contribution in [0.2, 0.25) is 0 Å². The van der Waals surface area contributed by atoms with Crippen LogP contribution in [0.4, 0.5) is 24.7 Å². The third-order valence-electron chi connectivity index (χ3n) is 13.0. The second-order valence-corrected chi connectivity index (χ2v) is 17.3. The largest absolute Gasteiger partial charge is 0.382 e. The zero-order valence-electron chi connectivity index (χ0n) is 36.3. The number of ether oxygens (including phenoxy) is 3. The van der Waals surface area contributed by atoms with Gasteiger partial charge in [-0.1, -0.05) is 24.0 Å². The molecule has 9 rings (SSSR count). The predicted molar refractivity (Wildman–Crippen MR) is 231 cm³/mol. The first-order chi connectivity index (χ1) is 31.5. The van der Waals surface area contributed by atoms with Crippen molar-refractivity contribution in [1.82, 2.24) is 44.4 Å². The van der Waals surface area contributed by atoms with E-state index in [4.69, 9.17) is 19.2 Å². The maximum atomic E-state index is 15.5. The molecule has 2 N–H and O–H groups in total. The predicted octanol–water partition coefficient (Wildman–Crippen LogP) is 4.59. The van der Waals surface area contributed by atoms with E-state index in [-0.39, 0.29) is 54.8 Å². The number of hydrogen-bond acceptors (Lipinski definition) is 12. The Morgan fingerprint density at radius 2 is 1.92 bits per heavy atom. The number of rotatable bonds is 12. The maximum Gasteiger partial charge on any atom is 0.284 e. The molecular formula is C45H52F3N11O6. The lowest BCUT2D eigenvalue weighted by Crippen LogP contribution is -2.47. The summed E-state index contributed by atoms with van der Waals surface area (Å²) >= 11 is 0. The molecule has 1 saturated carbocycles. The average molecular weight is 900 g/mol. The van der Waals surface area contributed by atoms with Crippen molar-refractivity contribution < 1.29 is 41.8 Å². The van der Waals surface area contributed by atoms with E-state index < -0.39 is 36.2 Å². The molecule has 65 heavy (non-hydrogen) atoms. The highest BCUT2D eigenvalue weighted by molar-refractivity contribution is 6.08. The number of nitrogens with zero attached hydrogens (tertiary/aromatic N) is 9. The number of imide groups is 1. The summed E-state index contributed by atoms with van der Waals surface area (Å²) in [5.41, 5.74) is 1.97. The van der Waals surface area contributed by atoms with Crippen LogP contribution in [0.3, 0.4) is 0 Å². The van der Waals surface area contributed by atoms with E-state index in [1.165, 1.54) is 16.9 Å². The number of methoxy groups -OCH3 is 1. The number of likely N-dealkylation sites (tertiary alicyclic amines) is 1. The summed E-state index contributed by atoms with van der Waals surface area (Å²) in [6, 6.07) is 7.29. The van der Waals surface area contributed by atoms with Crippen LogP contribution in [0, 0.1) is 17.8 Å². The zero-order valence-corrected chi connectivity index (χ0v) is 36.3. The third kappa shape index (κ3) is 9.60. The average Bonchev–Trinajstić information content (AvgIpc) is 4.02. The van der Waals surface area contributed by atoms with E-state index in [1.54, 1.807) is 35.8 Å². The number of carbonyl (C=O) groups excluding carboxylic acids is 3. The molecule has 0 spiro atoms. The summed E-state index contributed by atoms with van der Waals surface area (Å²) in [6.07, 6.45) is 4.01. The van der Waals surface area contributed by atoms with Gasteiger partial charge in [-0.15, -0.1) is 0 Å². The minimum absolute atomic E-state index is 0.0554. The third-order valence-corrected chi connectivity index (χ3v) is 13.0. The van der Waals surface area contributed by atoms with Crippen molar-refractivity contribution in [3.8, 4) is 11.8 Å². The number of fused-ring (bicyclic) bond motifs is 2. The highest BCUT2D eigenvalue weighted by atomic mass is 19.3. The normalized spacial score (nSPS) is 24.4. The van der Waals surface area contributed by atoms with Crippen LogP contribution in [0.5, 0.6) is 0 Å². The van der Waals surface area contributed by atoms with Gasteiger partial charge in [0.15, 0.2) is 11.3 Å². The molecule has 5 aromatic rings. The number of benzene rings is 1. The van der Waals surface area contributed by atoms with Gasteiger partial charge in [0, 0.05) is 71.1 Å². The summed E-state index contributed by atoms with van der Waals surface area (Å²) < 4.78 is 65.8. The van der Waals surface area contributed by atoms with Crippen LogP contribution in [-0.4, -0.2) is 135 Å². The number of amides is 3. The van der Waals surface area contributed by atoms with Gasteiger partial charge in [0.2, 0.25) is 11.8 Å². The van der Waals surface area contributed by atoms with Gasteiger partial charge < -0.3 is 24.4 Å². The Labute approximate surface area is 372 Å². The van der Waals surface area contributed by atoms with Crippen LogP contribution < -0.4 is 15.5 Å². The number of hydrogen-bond donors (Lipinski definition) is 2. The topological polar surface area (TPSA) is 175 Å². The van der Waals surface area contributed by atoms with E-state index in [9.17, 15) is 23.2 Å². The fourth-order valence-electron chi connectivity index (χ4n) is 9.66. The molecular weight excluding hydrogens is 848 g/mol. The molecule has 7 heterocycles. The maximum absolute atomic E-state index is 15.5. The Kier molecular flexibility index (Phi) is 13.2. The van der Waals surface area contributed by atoms with Crippen molar-refractivity contribution >= 4 is 45.8 Å². The van der Waals surface area contributed by atoms with Crippen LogP contribution >= 0.6 is 0 Å². The number of anilines is 2. The van der Waals surface area contributed by atoms with Crippen LogP contribution in [0.15, 0.2) is 42.9 Å². The van der Waals surface area contributed by atoms with Crippen molar-refractivity contribution in [1.29, 1.82) is 0 Å². The molecule has 4 fully saturated rings. The first-order valence-corrected chi connectivity index (χ1v) is 22.2. The van der Waals surface area contributed by atoms with Gasteiger partial charge in [-0.3, -0.25) is 34.0 Å². The number of carbonyl (C=O) groups is 3. The molecule has 4 aromatic heterocycles. The minimum atomic E-state index is -2.91. The summed E-state index contributed by atoms with van der Waals surface area (Å²) in [4.78, 5) is 46.7. The molecule has 1 aliphatic carbocycles. The number of aromatic nitrogens is 7. The lowest BCUT2D eigenvalue weighted by atomic mass is 9.85. The molecule has 0 radical (unpaired) electrons. The molecule has 0 unspecified atom stereocenters. The molecule has 17 nitrogen and oxygen atoms in total. The SMILES string of the molecule is COC[C@H]1CN(c2ccn3ncc(C(=O)Nc4cn(C5CCC(CN6CC[C@@H](OCC#Cc7cccc8c([C@@H]9CCC(=O)NC9=O)nn(C)c78)[C@@H](F)C6)CC5)nc4C(F)F)c3n2)CCO1. The van der Waals surface area contributed by atoms with Crippen molar-refractivity contribution in [2.75, 3.05) is 69.9 Å². The number of nitrogens with one attached hydrogen (secondary N) is 2. The number of alkyl halides is 3. The monoisotopic (exact) mass is 899 g/mol. The molecule has 20 heteroatoms. The quantitative estimate of drug-likeness (QED) is 0.132. The van der Waals surface area contributed by atoms with E-state index in [0.29, 0.717) is 87.2 Å². The van der Waals surface area contributed by atoms with E-state index in [0.717, 1.165) is 30.3 Å². The van der Waals surface area contributed by atoms with Crippen molar-refractivity contribution in [2.45, 2.75) is 81.7 Å². The molecule has 4 aliphatic rings. The fourth-order valence-corrected chi connectivity index (χ4v) is 9.66. The van der Waals surface area contributed by atoms with Gasteiger partial charge in [0.05, 0.1) is 66.0 Å². The highest BCUT2D eigenvalue weighted by Gasteiger charge is 2.34. The zero-order chi connectivity index (χ0) is 45.2. The molecule has 1 aromatic carbocycles. The summed E-state index contributed by atoms with van der Waals surface area (Å²) in [7, 11) is 3.41. The van der Waals surface area contributed by atoms with Gasteiger partial charge in [0.1, 0.15) is 24.2 Å². The Bertz CT molecular complexity index is 2610. The number of piperidine rings is 2. The van der Waals surface area contributed by atoms with Gasteiger partial charge in [-0.25, -0.2) is 22.7 Å². The Morgan fingerprint density at radius 3 is 2.71 bits per heavy atom. The summed E-state index contributed by atoms with van der Waals surface area (Å²) in [5, 5.41) is 19.0. The van der Waals surface area contributed by atoms with E-state index in [2.05, 4.69) is 42.7 Å². The summed E-state index contributed by atoms with van der Waals surface area (Å²) in [6.45, 7) is 3.82. The number of aryl methyl sites for hydroxylation is 1. The minimum Gasteiger partial charge on any atom is -0.382 e. The number of para-hydroxylation sites is 1. The lowest BCUT2D eigenvalue weighted by molar-refractivity contribution is -0.134. The van der Waals surface area contributed by atoms with Crippen LogP contribution in [0.1, 0.15) is 90.6 Å². The lowest BCUT2D eigenvalue weighted by Gasteiger charge is -2.38. The van der Waals surface area contributed by atoms with Crippen LogP contribution in [0.25, 0.3) is 16.6 Å². The van der Waals surface area contributed by atoms with Gasteiger partial charge in [-0.05, 0) is 56.6 Å². The molecule has 3 saturated heterocycles. The second-order valence-electron chi connectivity index (χ2n) is 17.3. The Balaban J connectivity index is 0.755. The molecule has 344 valence electrons. The molecule has 3 aliphatic heterocycles. The van der Waals surface area contributed by atoms with E-state index in [1.807, 2.05) is 23.1 Å². The van der Waals surface area contributed by atoms with E-state index >= 15 is 4.39 Å². The molecule has 0 bridgehead atoms. The van der Waals surface area contributed by atoms with Gasteiger partial charge in [0.25, 0.3) is 12.3 Å². The molecule has 4 atom stereocenters. The Hall–Kier alpha value is -5.88. The van der Waals surface area contributed by atoms with Crippen molar-refractivity contribution in [3.63, 3.8) is 0 Å². The first kappa shape index (κ1) is 44.3. The van der Waals surface area contributed by atoms with Crippen molar-refractivity contribution in [2.24, 2.45) is 13.0 Å². The smallest absolute Gasteiger partial charge is 0.284 e. The van der Waals surface area contributed by atoms with Gasteiger partial charge >= 0.3 is 0 Å². The number of morpholine rings is 1. The van der Waals surface area contributed by atoms with Gasteiger partial charge in [-0.2, -0.15) is 15.3 Å². The van der Waals surface area contributed by atoms with Crippen LogP contribution in [-0.2, 0) is 30.8 Å². The Morgan fingerprint density at radius 1 is 1.08 bits per heavy atom. The standard InChI is InChI=1S/C45H52F3N11O6/c1-55-41-28(5-3-7-31(41)39(53-55)32-12-13-38(60)52-44(32)61)6-4-19-65-36-14-16-56(24-34(36)46)22-27-8-10-29(11-9-27)59-25-35(40(54-59)42(47)48)50-45(62)33-21-49-58-17-15-37(51-43(33)58)57-18-20-64-30(23-57)26-63-2/h3,5,7,15,17,21,25,27,29-30,32,34,36,42H,8-14,16,18-20,22-24,26H2,1-2H3,(H,50,62)(H,52,60,61)/t27?,29?,30-,32+,34+,36-/m1/s1. The van der Waals surface area contributed by atoms with Crippen molar-refractivity contribution in [3.05, 3.63) is 65.4 Å². The first-order valence-electron chi connectivity index (χ1n) is 22.2. The summed E-state index contributed by atoms with van der Waals surface area (Å²) in [5.74, 6) is 5.36. The highest BCUT2D eigenvalue weighted by Crippen LogP contribution is 2.36. The second kappa shape index (κ2) is 19.3. The molecule has 3 amide bonds. The number of halogens is 3. The fraction of sp³-hybridized carbons (Fsp3) is 0.533.